The molecule has 1 fully saturated rings. The van der Waals surface area contributed by atoms with Crippen molar-refractivity contribution < 1.29 is 0 Å². The lowest BCUT2D eigenvalue weighted by molar-refractivity contribution is 0.0874. The number of hydrogen-bond acceptors (Lipinski definition) is 3. The van der Waals surface area contributed by atoms with Gasteiger partial charge in [0.15, 0.2) is 0 Å². The summed E-state index contributed by atoms with van der Waals surface area (Å²) in [5, 5.41) is 2.25. The van der Waals surface area contributed by atoms with Crippen molar-refractivity contribution in [3.05, 3.63) is 91.8 Å². The Kier molecular flexibility index (Phi) is 7.39. The van der Waals surface area contributed by atoms with Crippen LogP contribution in [0.25, 0.3) is 27.8 Å². The molecule has 7 heteroatoms. The van der Waals surface area contributed by atoms with Crippen LogP contribution in [0.1, 0.15) is 39.3 Å². The molecular weight excluding hydrogens is 525 g/mol. The van der Waals surface area contributed by atoms with Gasteiger partial charge in [-0.1, -0.05) is 59.1 Å². The lowest BCUT2D eigenvalue weighted by Crippen LogP contribution is -2.46. The molecule has 0 spiro atoms. The first-order valence-corrected chi connectivity index (χ1v) is 13.8. The molecule has 0 unspecified atom stereocenters. The normalized spacial score (nSPS) is 15.4. The third-order valence-corrected chi connectivity index (χ3v) is 8.23. The second-order valence-corrected chi connectivity index (χ2v) is 12.0. The summed E-state index contributed by atoms with van der Waals surface area (Å²) in [6.45, 7) is 8.95. The maximum absolute atomic E-state index is 13.3. The summed E-state index contributed by atoms with van der Waals surface area (Å²) in [7, 11) is 0. The highest BCUT2D eigenvalue weighted by Gasteiger charge is 2.27. The minimum Gasteiger partial charge on any atom is -0.298 e. The summed E-state index contributed by atoms with van der Waals surface area (Å²) in [6, 6.07) is 18.3. The fraction of sp³-hybridized carbons (Fsp3) is 0.333. The van der Waals surface area contributed by atoms with Gasteiger partial charge in [-0.3, -0.25) is 19.2 Å². The van der Waals surface area contributed by atoms with Crippen LogP contribution in [0.5, 0.6) is 0 Å². The molecule has 4 nitrogen and oxygen atoms in total. The highest BCUT2D eigenvalue weighted by Crippen LogP contribution is 2.36. The maximum Gasteiger partial charge on any atom is 0.255 e. The molecule has 0 N–H and O–H groups in total. The van der Waals surface area contributed by atoms with Gasteiger partial charge < -0.3 is 0 Å². The Labute approximate surface area is 232 Å². The minimum absolute atomic E-state index is 0.174. The van der Waals surface area contributed by atoms with E-state index >= 15 is 0 Å². The van der Waals surface area contributed by atoms with Crippen LogP contribution in [0.15, 0.2) is 65.5 Å². The van der Waals surface area contributed by atoms with Crippen molar-refractivity contribution >= 4 is 45.7 Å². The van der Waals surface area contributed by atoms with Crippen molar-refractivity contribution in [3.8, 4) is 16.9 Å². The SMILES string of the molecule is CC(C)(C)N1CCC(Cc2cc3c(ccc(=O)n3-c3c(Cl)cccc3Cl)c(-c3ccccc3Cl)n2)CC1. The number of para-hydroxylation sites is 1. The molecule has 0 aliphatic carbocycles. The summed E-state index contributed by atoms with van der Waals surface area (Å²) < 4.78 is 1.60. The van der Waals surface area contributed by atoms with Crippen molar-refractivity contribution in [2.75, 3.05) is 13.1 Å². The van der Waals surface area contributed by atoms with Gasteiger partial charge in [-0.2, -0.15) is 0 Å². The molecule has 0 atom stereocenters. The standard InChI is InChI=1S/C30H30Cl3N3O/c1-30(2,3)35-15-13-19(14-16-35)17-20-18-26-22(28(34-20)21-7-4-5-8-23(21)31)11-12-27(37)36(26)29-24(32)9-6-10-25(29)33/h4-12,18-19H,13-17H2,1-3H3. The van der Waals surface area contributed by atoms with Gasteiger partial charge in [0.25, 0.3) is 5.56 Å². The maximum atomic E-state index is 13.3. The van der Waals surface area contributed by atoms with Gasteiger partial charge in [0.1, 0.15) is 0 Å². The fourth-order valence-corrected chi connectivity index (χ4v) is 6.08. The molecule has 0 radical (unpaired) electrons. The Hall–Kier alpha value is -2.37. The van der Waals surface area contributed by atoms with Gasteiger partial charge in [-0.05, 0) is 89.4 Å². The Balaban J connectivity index is 1.67. The molecule has 3 heterocycles. The number of likely N-dealkylation sites (tertiary alicyclic amines) is 1. The van der Waals surface area contributed by atoms with E-state index in [-0.39, 0.29) is 11.1 Å². The lowest BCUT2D eigenvalue weighted by Gasteiger charge is -2.40. The highest BCUT2D eigenvalue weighted by atomic mass is 35.5. The fourth-order valence-electron chi connectivity index (χ4n) is 5.29. The molecule has 2 aromatic heterocycles. The molecule has 192 valence electrons. The smallest absolute Gasteiger partial charge is 0.255 e. The molecule has 1 aliphatic rings. The first kappa shape index (κ1) is 26.2. The van der Waals surface area contributed by atoms with Crippen molar-refractivity contribution in [2.45, 2.75) is 45.6 Å². The van der Waals surface area contributed by atoms with Crippen molar-refractivity contribution in [1.82, 2.24) is 14.5 Å². The summed E-state index contributed by atoms with van der Waals surface area (Å²) in [5.41, 5.74) is 3.67. The van der Waals surface area contributed by atoms with E-state index in [2.05, 4.69) is 25.7 Å². The number of piperidine rings is 1. The van der Waals surface area contributed by atoms with E-state index in [1.165, 1.54) is 6.07 Å². The van der Waals surface area contributed by atoms with E-state index in [9.17, 15) is 4.79 Å². The number of halogens is 3. The quantitative estimate of drug-likeness (QED) is 0.256. The van der Waals surface area contributed by atoms with Gasteiger partial charge in [0.2, 0.25) is 0 Å². The number of aromatic nitrogens is 2. The second-order valence-electron chi connectivity index (χ2n) is 10.8. The molecule has 5 rings (SSSR count). The van der Waals surface area contributed by atoms with Crippen LogP contribution in [0.3, 0.4) is 0 Å². The van der Waals surface area contributed by atoms with Gasteiger partial charge in [-0.15, -0.1) is 0 Å². The average Bonchev–Trinajstić information content (AvgIpc) is 2.85. The van der Waals surface area contributed by atoms with Gasteiger partial charge >= 0.3 is 0 Å². The van der Waals surface area contributed by atoms with E-state index in [4.69, 9.17) is 39.8 Å². The third-order valence-electron chi connectivity index (χ3n) is 7.29. The largest absolute Gasteiger partial charge is 0.298 e. The first-order valence-electron chi connectivity index (χ1n) is 12.6. The lowest BCUT2D eigenvalue weighted by atomic mass is 9.89. The molecule has 0 bridgehead atoms. The van der Waals surface area contributed by atoms with Crippen LogP contribution < -0.4 is 5.56 Å². The predicted molar refractivity (Wildman–Crippen MR) is 156 cm³/mol. The number of pyridine rings is 2. The molecule has 37 heavy (non-hydrogen) atoms. The summed E-state index contributed by atoms with van der Waals surface area (Å²) in [4.78, 5) is 20.9. The predicted octanol–water partition coefficient (Wildman–Crippen LogP) is 8.07. The van der Waals surface area contributed by atoms with Crippen molar-refractivity contribution in [2.24, 2.45) is 5.92 Å². The second kappa shape index (κ2) is 10.4. The number of hydrogen-bond donors (Lipinski definition) is 0. The number of rotatable bonds is 4. The molecule has 1 saturated heterocycles. The number of nitrogens with zero attached hydrogens (tertiary/aromatic N) is 3. The van der Waals surface area contributed by atoms with Crippen LogP contribution in [0.2, 0.25) is 15.1 Å². The monoisotopic (exact) mass is 553 g/mol. The van der Waals surface area contributed by atoms with Gasteiger partial charge in [0, 0.05) is 33.3 Å². The summed E-state index contributed by atoms with van der Waals surface area (Å²) >= 11 is 19.8. The van der Waals surface area contributed by atoms with Crippen molar-refractivity contribution in [3.63, 3.8) is 0 Å². The topological polar surface area (TPSA) is 38.1 Å². The van der Waals surface area contributed by atoms with E-state index < -0.39 is 0 Å². The van der Waals surface area contributed by atoms with Crippen LogP contribution in [-0.2, 0) is 6.42 Å². The Morgan fingerprint density at radius 2 is 1.54 bits per heavy atom. The average molecular weight is 555 g/mol. The Bertz CT molecular complexity index is 1500. The number of benzene rings is 2. The zero-order chi connectivity index (χ0) is 26.3. The third kappa shape index (κ3) is 5.31. The van der Waals surface area contributed by atoms with Crippen molar-refractivity contribution in [1.29, 1.82) is 0 Å². The van der Waals surface area contributed by atoms with E-state index in [1.54, 1.807) is 22.8 Å². The molecule has 4 aromatic rings. The van der Waals surface area contributed by atoms with E-state index in [0.717, 1.165) is 60.2 Å². The summed E-state index contributed by atoms with van der Waals surface area (Å²) in [5.74, 6) is 0.510. The molecule has 2 aromatic carbocycles. The van der Waals surface area contributed by atoms with Gasteiger partial charge in [0.05, 0.1) is 26.9 Å². The van der Waals surface area contributed by atoms with Crippen LogP contribution in [0.4, 0.5) is 0 Å². The zero-order valence-electron chi connectivity index (χ0n) is 21.3. The van der Waals surface area contributed by atoms with E-state index in [1.807, 2.05) is 36.4 Å². The number of fused-ring (bicyclic) bond motifs is 1. The zero-order valence-corrected chi connectivity index (χ0v) is 23.5. The minimum atomic E-state index is -0.205. The molecule has 0 amide bonds. The van der Waals surface area contributed by atoms with E-state index in [0.29, 0.717) is 26.7 Å². The summed E-state index contributed by atoms with van der Waals surface area (Å²) in [6.07, 6.45) is 3.04. The Morgan fingerprint density at radius 3 is 2.19 bits per heavy atom. The molecular formula is C30H30Cl3N3O. The van der Waals surface area contributed by atoms with Crippen LogP contribution >= 0.6 is 34.8 Å². The Morgan fingerprint density at radius 1 is 0.892 bits per heavy atom. The van der Waals surface area contributed by atoms with Gasteiger partial charge in [-0.25, -0.2) is 0 Å². The molecule has 1 aliphatic heterocycles. The first-order chi connectivity index (χ1) is 17.6. The molecule has 0 saturated carbocycles. The van der Waals surface area contributed by atoms with Crippen LogP contribution in [0, 0.1) is 5.92 Å². The highest BCUT2D eigenvalue weighted by molar-refractivity contribution is 6.38. The van der Waals surface area contributed by atoms with Crippen LogP contribution in [-0.4, -0.2) is 33.1 Å².